The van der Waals surface area contributed by atoms with Crippen molar-refractivity contribution in [2.45, 2.75) is 20.0 Å². The number of hydrogen-bond donors (Lipinski definition) is 0. The van der Waals surface area contributed by atoms with Crippen LogP contribution in [-0.4, -0.2) is 24.9 Å². The summed E-state index contributed by atoms with van der Waals surface area (Å²) in [5, 5.41) is 0. The molecule has 1 aromatic carbocycles. The summed E-state index contributed by atoms with van der Waals surface area (Å²) in [5.41, 5.74) is 0.884. The summed E-state index contributed by atoms with van der Waals surface area (Å²) in [7, 11) is 19.1. The van der Waals surface area contributed by atoms with Crippen LogP contribution in [-0.2, 0) is 17.9 Å². The molecule has 0 saturated heterocycles. The Morgan fingerprint density at radius 2 is 1.74 bits per heavy atom. The van der Waals surface area contributed by atoms with Crippen LogP contribution in [0.5, 0.6) is 17.2 Å². The molecule has 0 aliphatic carbocycles. The first-order chi connectivity index (χ1) is 8.90. The fraction of sp³-hybridized carbons (Fsp3) is 0.385. The van der Waals surface area contributed by atoms with Crippen molar-refractivity contribution in [2.75, 3.05) is 14.2 Å². The first-order valence-corrected chi connectivity index (χ1v) is 11.0. The molecule has 3 nitrogen and oxygen atoms in total. The van der Waals surface area contributed by atoms with Crippen molar-refractivity contribution in [1.29, 1.82) is 0 Å². The van der Waals surface area contributed by atoms with Gasteiger partial charge < -0.3 is 0 Å². The third-order valence-electron chi connectivity index (χ3n) is 2.55. The van der Waals surface area contributed by atoms with Crippen LogP contribution in [0.25, 0.3) is 0 Å². The topological polar surface area (TPSA) is 21.2 Å². The Morgan fingerprint density at radius 1 is 1.21 bits per heavy atom. The van der Waals surface area contributed by atoms with Crippen molar-refractivity contribution in [3.63, 3.8) is 0 Å². The Hall–Kier alpha value is -0.307. The molecule has 0 unspecified atom stereocenters. The van der Waals surface area contributed by atoms with Gasteiger partial charge in [-0.2, -0.15) is 0 Å². The molecule has 0 bridgehead atoms. The number of hydrogen-bond acceptors (Lipinski definition) is 2. The minimum atomic E-state index is -1.94. The number of rotatable bonds is 5. The van der Waals surface area contributed by atoms with Crippen LogP contribution in [0.15, 0.2) is 12.1 Å². The van der Waals surface area contributed by atoms with Gasteiger partial charge in [-0.25, -0.2) is 0 Å². The van der Waals surface area contributed by atoms with Crippen LogP contribution >= 0.6 is 19.4 Å². The van der Waals surface area contributed by atoms with Gasteiger partial charge in [0, 0.05) is 0 Å². The molecule has 0 spiro atoms. The van der Waals surface area contributed by atoms with E-state index >= 15 is 0 Å². The zero-order valence-corrected chi connectivity index (χ0v) is 14.6. The predicted molar refractivity (Wildman–Crippen MR) is 77.4 cm³/mol. The molecule has 0 aliphatic heterocycles. The van der Waals surface area contributed by atoms with Crippen LogP contribution in [0.4, 0.5) is 0 Å². The van der Waals surface area contributed by atoms with Gasteiger partial charge in [0.15, 0.2) is 0 Å². The number of ether oxygens (including phenoxy) is 2. The fourth-order valence-corrected chi connectivity index (χ4v) is 3.30. The van der Waals surface area contributed by atoms with Crippen molar-refractivity contribution in [2.24, 2.45) is 0 Å². The van der Waals surface area contributed by atoms with Gasteiger partial charge in [-0.1, -0.05) is 0 Å². The van der Waals surface area contributed by atoms with E-state index in [9.17, 15) is 0 Å². The van der Waals surface area contributed by atoms with Crippen molar-refractivity contribution in [1.82, 2.24) is 0 Å². The van der Waals surface area contributed by atoms with E-state index in [1.165, 1.54) is 0 Å². The first kappa shape index (κ1) is 16.7. The quantitative estimate of drug-likeness (QED) is 0.423. The Morgan fingerprint density at radius 3 is 2.16 bits per heavy atom. The van der Waals surface area contributed by atoms with Crippen molar-refractivity contribution in [3.05, 3.63) is 24.8 Å². The second kappa shape index (κ2) is 7.47. The van der Waals surface area contributed by atoms with Crippen molar-refractivity contribution < 1.29 is 27.4 Å². The summed E-state index contributed by atoms with van der Waals surface area (Å²) in [6.07, 6.45) is 0.163. The SMILES string of the molecule is [CH2-][O+](c1cc(OC)c(OC)cc1[CH]=[Ru]([Cl])[Cl])C(C)C. The molecule has 0 heterocycles. The van der Waals surface area contributed by atoms with Gasteiger partial charge >= 0.3 is 128 Å². The van der Waals surface area contributed by atoms with E-state index < -0.39 is 13.5 Å². The van der Waals surface area contributed by atoms with Gasteiger partial charge in [-0.15, -0.1) is 0 Å². The predicted octanol–water partition coefficient (Wildman–Crippen LogP) is 4.25. The van der Waals surface area contributed by atoms with E-state index in [4.69, 9.17) is 28.9 Å². The molecular formula is C13H18Cl2O3Ru. The molecule has 0 saturated carbocycles. The standard InChI is InChI=1S/C13H18O3.2ClH.Ru/c1-9(2)16(6)13-8-12(15-5)11(14-4)7-10(13)3;;;/h3,7-9H,6H2,1-2,4-5H3;2*1H;/q;;;+2/p-2. The van der Waals surface area contributed by atoms with E-state index in [0.29, 0.717) is 11.5 Å². The molecule has 0 aliphatic rings. The van der Waals surface area contributed by atoms with Crippen LogP contribution in [0.2, 0.25) is 0 Å². The molecule has 19 heavy (non-hydrogen) atoms. The summed E-state index contributed by atoms with van der Waals surface area (Å²) >= 11 is -1.94. The van der Waals surface area contributed by atoms with Crippen LogP contribution in [0, 0.1) is 7.11 Å². The summed E-state index contributed by atoms with van der Waals surface area (Å²) in [6.45, 7) is 4.05. The Kier molecular flexibility index (Phi) is 6.58. The van der Waals surface area contributed by atoms with Gasteiger partial charge in [0.05, 0.1) is 0 Å². The molecule has 110 valence electrons. The van der Waals surface area contributed by atoms with E-state index in [1.54, 1.807) is 14.2 Å². The zero-order chi connectivity index (χ0) is 14.6. The maximum atomic E-state index is 5.97. The van der Waals surface area contributed by atoms with E-state index in [-0.39, 0.29) is 6.10 Å². The molecular weight excluding hydrogens is 376 g/mol. The van der Waals surface area contributed by atoms with Gasteiger partial charge in [0.1, 0.15) is 0 Å². The van der Waals surface area contributed by atoms with E-state index in [1.807, 2.05) is 30.6 Å². The third kappa shape index (κ3) is 4.34. The molecule has 1 aromatic rings. The summed E-state index contributed by atoms with van der Waals surface area (Å²) < 4.78 is 15.2. The molecule has 0 N–H and O–H groups in total. The Bertz CT molecular complexity index is 471. The monoisotopic (exact) mass is 394 g/mol. The molecule has 6 heteroatoms. The van der Waals surface area contributed by atoms with E-state index in [0.717, 1.165) is 11.3 Å². The van der Waals surface area contributed by atoms with Crippen molar-refractivity contribution in [3.8, 4) is 17.2 Å². The van der Waals surface area contributed by atoms with Crippen molar-refractivity contribution >= 4 is 24.0 Å². The van der Waals surface area contributed by atoms with Gasteiger partial charge in [-0.05, 0) is 0 Å². The Labute approximate surface area is 127 Å². The number of halogens is 2. The van der Waals surface area contributed by atoms with Gasteiger partial charge in [-0.3, -0.25) is 0 Å². The average molecular weight is 394 g/mol. The zero-order valence-electron chi connectivity index (χ0n) is 11.4. The second-order valence-electron chi connectivity index (χ2n) is 4.03. The molecule has 0 fully saturated rings. The first-order valence-electron chi connectivity index (χ1n) is 5.52. The second-order valence-corrected chi connectivity index (χ2v) is 9.75. The van der Waals surface area contributed by atoms with E-state index in [2.05, 4.69) is 11.5 Å². The number of benzene rings is 1. The third-order valence-corrected chi connectivity index (χ3v) is 4.39. The fourth-order valence-electron chi connectivity index (χ4n) is 1.52. The number of methoxy groups -OCH3 is 2. The Balaban J connectivity index is 3.44. The molecule has 0 radical (unpaired) electrons. The summed E-state index contributed by atoms with van der Waals surface area (Å²) in [4.78, 5) is 0. The van der Waals surface area contributed by atoms with Crippen LogP contribution in [0.1, 0.15) is 19.4 Å². The van der Waals surface area contributed by atoms with Gasteiger partial charge in [0.2, 0.25) is 0 Å². The van der Waals surface area contributed by atoms with Crippen LogP contribution in [0.3, 0.4) is 0 Å². The molecule has 0 amide bonds. The molecule has 1 rings (SSSR count). The average Bonchev–Trinajstić information content (AvgIpc) is 2.36. The van der Waals surface area contributed by atoms with Crippen LogP contribution < -0.4 is 9.47 Å². The minimum absolute atomic E-state index is 0.163. The molecule has 0 aromatic heterocycles. The summed E-state index contributed by atoms with van der Waals surface area (Å²) in [6, 6.07) is 3.71. The summed E-state index contributed by atoms with van der Waals surface area (Å²) in [5.74, 6) is 2.12. The molecule has 0 atom stereocenters. The normalized spacial score (nSPS) is 11.3. The van der Waals surface area contributed by atoms with Gasteiger partial charge in [0.25, 0.3) is 0 Å². The maximum absolute atomic E-state index is 5.97.